The minimum atomic E-state index is 0.309. The third-order valence-electron chi connectivity index (χ3n) is 3.29. The summed E-state index contributed by atoms with van der Waals surface area (Å²) in [7, 11) is 0. The maximum Gasteiger partial charge on any atom is 0.0674 e. The molecule has 0 aromatic carbocycles. The molecule has 0 radical (unpaired) electrons. The Morgan fingerprint density at radius 2 is 2.35 bits per heavy atom. The molecule has 4 heteroatoms. The molecule has 1 aromatic rings. The van der Waals surface area contributed by atoms with Crippen LogP contribution in [0.4, 0.5) is 0 Å². The van der Waals surface area contributed by atoms with Crippen LogP contribution < -0.4 is 5.73 Å². The molecule has 2 N–H and O–H groups in total. The van der Waals surface area contributed by atoms with E-state index >= 15 is 0 Å². The fourth-order valence-corrected chi connectivity index (χ4v) is 2.21. The largest absolute Gasteiger partial charge is 0.376 e. The van der Waals surface area contributed by atoms with E-state index in [0.29, 0.717) is 18.7 Å². The molecular weight excluding hydrogens is 214 g/mol. The summed E-state index contributed by atoms with van der Waals surface area (Å²) in [5, 5.41) is 0. The lowest BCUT2D eigenvalue weighted by Gasteiger charge is -2.37. The zero-order chi connectivity index (χ0) is 12.3. The summed E-state index contributed by atoms with van der Waals surface area (Å²) in [6.45, 7) is 7.51. The summed E-state index contributed by atoms with van der Waals surface area (Å²) in [5.41, 5.74) is 7.94. The molecule has 0 aliphatic carbocycles. The van der Waals surface area contributed by atoms with E-state index in [4.69, 9.17) is 10.5 Å². The first kappa shape index (κ1) is 12.5. The van der Waals surface area contributed by atoms with Crippen molar-refractivity contribution in [3.63, 3.8) is 0 Å². The van der Waals surface area contributed by atoms with Crippen LogP contribution in [0.15, 0.2) is 18.3 Å². The summed E-state index contributed by atoms with van der Waals surface area (Å²) < 4.78 is 5.63. The van der Waals surface area contributed by atoms with Crippen LogP contribution in [0, 0.1) is 0 Å². The Bertz CT molecular complexity index is 369. The van der Waals surface area contributed by atoms with Gasteiger partial charge in [0.05, 0.1) is 18.4 Å². The molecule has 17 heavy (non-hydrogen) atoms. The van der Waals surface area contributed by atoms with Crippen LogP contribution in [0.1, 0.15) is 25.1 Å². The number of nitrogens with zero attached hydrogens (tertiary/aromatic N) is 2. The van der Waals surface area contributed by atoms with Gasteiger partial charge in [-0.3, -0.25) is 9.88 Å². The summed E-state index contributed by atoms with van der Waals surface area (Å²) in [4.78, 5) is 6.76. The molecule has 4 nitrogen and oxygen atoms in total. The summed E-state index contributed by atoms with van der Waals surface area (Å²) in [6.07, 6.45) is 2.11. The van der Waals surface area contributed by atoms with Crippen molar-refractivity contribution in [3.05, 3.63) is 29.6 Å². The van der Waals surface area contributed by atoms with Gasteiger partial charge in [-0.15, -0.1) is 0 Å². The standard InChI is InChI=1S/C13H21N3O/c1-10-9-17-11(2)7-16(10)8-12-4-3-5-15-13(12)6-14/h3-5,10-11H,6-9,14H2,1-2H3. The third-order valence-corrected chi connectivity index (χ3v) is 3.29. The summed E-state index contributed by atoms with van der Waals surface area (Å²) in [5.74, 6) is 0. The van der Waals surface area contributed by atoms with E-state index in [1.54, 1.807) is 6.20 Å². The SMILES string of the molecule is CC1CN(Cc2cccnc2CN)C(C)CO1. The molecule has 1 saturated heterocycles. The van der Waals surface area contributed by atoms with E-state index < -0.39 is 0 Å². The molecular formula is C13H21N3O. The van der Waals surface area contributed by atoms with Crippen molar-refractivity contribution in [2.45, 2.75) is 39.1 Å². The zero-order valence-electron chi connectivity index (χ0n) is 10.6. The Kier molecular flexibility index (Phi) is 4.10. The molecule has 2 atom stereocenters. The zero-order valence-corrected chi connectivity index (χ0v) is 10.6. The van der Waals surface area contributed by atoms with Gasteiger partial charge >= 0.3 is 0 Å². The summed E-state index contributed by atoms with van der Waals surface area (Å²) >= 11 is 0. The average Bonchev–Trinajstić information content (AvgIpc) is 2.34. The van der Waals surface area contributed by atoms with Gasteiger partial charge in [-0.2, -0.15) is 0 Å². The van der Waals surface area contributed by atoms with Gasteiger partial charge in [-0.05, 0) is 25.5 Å². The molecule has 0 amide bonds. The van der Waals surface area contributed by atoms with Crippen molar-refractivity contribution >= 4 is 0 Å². The number of hydrogen-bond donors (Lipinski definition) is 1. The molecule has 1 aliphatic rings. The monoisotopic (exact) mass is 235 g/mol. The number of nitrogens with two attached hydrogens (primary N) is 1. The van der Waals surface area contributed by atoms with E-state index in [1.165, 1.54) is 5.56 Å². The first-order chi connectivity index (χ1) is 8.20. The third kappa shape index (κ3) is 3.03. The highest BCUT2D eigenvalue weighted by molar-refractivity contribution is 5.19. The maximum atomic E-state index is 5.71. The van der Waals surface area contributed by atoms with E-state index in [2.05, 4.69) is 29.8 Å². The van der Waals surface area contributed by atoms with E-state index in [9.17, 15) is 0 Å². The quantitative estimate of drug-likeness (QED) is 0.854. The second-order valence-electron chi connectivity index (χ2n) is 4.74. The van der Waals surface area contributed by atoms with Gasteiger partial charge in [0.1, 0.15) is 0 Å². The van der Waals surface area contributed by atoms with Crippen molar-refractivity contribution in [2.75, 3.05) is 13.2 Å². The van der Waals surface area contributed by atoms with E-state index in [0.717, 1.165) is 25.4 Å². The van der Waals surface area contributed by atoms with Crippen molar-refractivity contribution in [1.29, 1.82) is 0 Å². The number of aromatic nitrogens is 1. The first-order valence-electron chi connectivity index (χ1n) is 6.19. The smallest absolute Gasteiger partial charge is 0.0674 e. The molecule has 0 bridgehead atoms. The molecule has 2 rings (SSSR count). The second kappa shape index (κ2) is 5.58. The number of morpholine rings is 1. The molecule has 2 heterocycles. The van der Waals surface area contributed by atoms with Crippen LogP contribution in [-0.4, -0.2) is 35.2 Å². The van der Waals surface area contributed by atoms with E-state index in [1.807, 2.05) is 6.07 Å². The predicted molar refractivity (Wildman–Crippen MR) is 67.4 cm³/mol. The Balaban J connectivity index is 2.08. The molecule has 0 saturated carbocycles. The van der Waals surface area contributed by atoms with Crippen molar-refractivity contribution in [2.24, 2.45) is 5.73 Å². The highest BCUT2D eigenvalue weighted by Crippen LogP contribution is 2.16. The highest BCUT2D eigenvalue weighted by Gasteiger charge is 2.23. The van der Waals surface area contributed by atoms with Crippen LogP contribution in [0.25, 0.3) is 0 Å². The predicted octanol–water partition coefficient (Wildman–Crippen LogP) is 1.15. The number of hydrogen-bond acceptors (Lipinski definition) is 4. The van der Waals surface area contributed by atoms with Crippen LogP contribution in [0.5, 0.6) is 0 Å². The number of pyridine rings is 1. The number of ether oxygens (including phenoxy) is 1. The lowest BCUT2D eigenvalue weighted by atomic mass is 10.1. The molecule has 2 unspecified atom stereocenters. The average molecular weight is 235 g/mol. The first-order valence-corrected chi connectivity index (χ1v) is 6.19. The lowest BCUT2D eigenvalue weighted by Crippen LogP contribution is -2.46. The van der Waals surface area contributed by atoms with Gasteiger partial charge in [-0.25, -0.2) is 0 Å². The van der Waals surface area contributed by atoms with Gasteiger partial charge in [0, 0.05) is 31.9 Å². The lowest BCUT2D eigenvalue weighted by molar-refractivity contribution is -0.0527. The van der Waals surface area contributed by atoms with Crippen LogP contribution >= 0.6 is 0 Å². The fraction of sp³-hybridized carbons (Fsp3) is 0.615. The van der Waals surface area contributed by atoms with Crippen molar-refractivity contribution in [3.8, 4) is 0 Å². The van der Waals surface area contributed by atoms with Crippen LogP contribution in [-0.2, 0) is 17.8 Å². The second-order valence-corrected chi connectivity index (χ2v) is 4.74. The Morgan fingerprint density at radius 1 is 1.53 bits per heavy atom. The molecule has 0 spiro atoms. The van der Waals surface area contributed by atoms with Gasteiger partial charge in [0.25, 0.3) is 0 Å². The molecule has 94 valence electrons. The van der Waals surface area contributed by atoms with Crippen molar-refractivity contribution < 1.29 is 4.74 Å². The Morgan fingerprint density at radius 3 is 3.12 bits per heavy atom. The minimum Gasteiger partial charge on any atom is -0.376 e. The highest BCUT2D eigenvalue weighted by atomic mass is 16.5. The minimum absolute atomic E-state index is 0.309. The van der Waals surface area contributed by atoms with Gasteiger partial charge in [-0.1, -0.05) is 6.07 Å². The topological polar surface area (TPSA) is 51.4 Å². The van der Waals surface area contributed by atoms with Crippen LogP contribution in [0.2, 0.25) is 0 Å². The normalized spacial score (nSPS) is 26.1. The summed E-state index contributed by atoms with van der Waals surface area (Å²) in [6, 6.07) is 4.54. The molecule has 1 aliphatic heterocycles. The van der Waals surface area contributed by atoms with E-state index in [-0.39, 0.29) is 0 Å². The molecule has 1 fully saturated rings. The molecule has 1 aromatic heterocycles. The number of rotatable bonds is 3. The maximum absolute atomic E-state index is 5.71. The Labute approximate surface area is 103 Å². The van der Waals surface area contributed by atoms with Gasteiger partial charge in [0.15, 0.2) is 0 Å². The van der Waals surface area contributed by atoms with Crippen molar-refractivity contribution in [1.82, 2.24) is 9.88 Å². The Hall–Kier alpha value is -0.970. The van der Waals surface area contributed by atoms with Crippen LogP contribution in [0.3, 0.4) is 0 Å². The van der Waals surface area contributed by atoms with Gasteiger partial charge < -0.3 is 10.5 Å². The van der Waals surface area contributed by atoms with Gasteiger partial charge in [0.2, 0.25) is 0 Å². The fourth-order valence-electron chi connectivity index (χ4n) is 2.21.